The first-order chi connectivity index (χ1) is 11.7. The lowest BCUT2D eigenvalue weighted by Crippen LogP contribution is -2.34. The van der Waals surface area contributed by atoms with E-state index in [9.17, 15) is 12.8 Å². The van der Waals surface area contributed by atoms with Crippen molar-refractivity contribution in [2.45, 2.75) is 13.1 Å². The maximum Gasteiger partial charge on any atom is 0.229 e. The zero-order valence-corrected chi connectivity index (χ0v) is 17.1. The van der Waals surface area contributed by atoms with Gasteiger partial charge in [0, 0.05) is 16.7 Å². The third-order valence-electron chi connectivity index (χ3n) is 3.15. The first kappa shape index (κ1) is 19.9. The second kappa shape index (κ2) is 8.77. The van der Waals surface area contributed by atoms with Crippen LogP contribution in [-0.4, -0.2) is 19.8 Å². The summed E-state index contributed by atoms with van der Waals surface area (Å²) in [5.41, 5.74) is 1.67. The highest BCUT2D eigenvalue weighted by atomic mass is 127. The van der Waals surface area contributed by atoms with E-state index in [-0.39, 0.29) is 5.69 Å². The van der Waals surface area contributed by atoms with Crippen LogP contribution in [0.4, 0.5) is 10.1 Å². The molecule has 0 aliphatic carbocycles. The largest absolute Gasteiger partial charge is 0.359 e. The summed E-state index contributed by atoms with van der Waals surface area (Å²) >= 11 is 7.44. The SMILES string of the molecule is CS(=O)(=O)Nc1ccc(CNC(=S)NCc2ccc(I)cc2)cc1F. The molecule has 0 spiro atoms. The van der Waals surface area contributed by atoms with Gasteiger partial charge in [0.05, 0.1) is 11.9 Å². The lowest BCUT2D eigenvalue weighted by molar-refractivity contribution is 0.603. The average Bonchev–Trinajstić information content (AvgIpc) is 2.53. The first-order valence-electron chi connectivity index (χ1n) is 7.25. The first-order valence-corrected chi connectivity index (χ1v) is 10.6. The molecular weight excluding hydrogens is 476 g/mol. The molecular formula is C16H17FIN3O2S2. The molecule has 3 N–H and O–H groups in total. The molecule has 25 heavy (non-hydrogen) atoms. The van der Waals surface area contributed by atoms with Gasteiger partial charge >= 0.3 is 0 Å². The Labute approximate surface area is 165 Å². The normalized spacial score (nSPS) is 11.0. The number of benzene rings is 2. The number of hydrogen-bond acceptors (Lipinski definition) is 3. The molecule has 0 unspecified atom stereocenters. The van der Waals surface area contributed by atoms with E-state index in [2.05, 4.69) is 37.9 Å². The molecule has 0 saturated carbocycles. The summed E-state index contributed by atoms with van der Waals surface area (Å²) < 4.78 is 39.5. The van der Waals surface area contributed by atoms with Gasteiger partial charge in [0.15, 0.2) is 5.11 Å². The third kappa shape index (κ3) is 7.12. The fourth-order valence-electron chi connectivity index (χ4n) is 1.98. The highest BCUT2D eigenvalue weighted by molar-refractivity contribution is 14.1. The molecule has 0 heterocycles. The highest BCUT2D eigenvalue weighted by Crippen LogP contribution is 2.16. The molecule has 0 aromatic heterocycles. The molecule has 0 saturated heterocycles. The Bertz CT molecular complexity index is 858. The van der Waals surface area contributed by atoms with Crippen molar-refractivity contribution in [1.29, 1.82) is 0 Å². The predicted molar refractivity (Wildman–Crippen MR) is 110 cm³/mol. The van der Waals surface area contributed by atoms with Crippen LogP contribution in [0, 0.1) is 9.39 Å². The van der Waals surface area contributed by atoms with Crippen LogP contribution in [0.5, 0.6) is 0 Å². The Morgan fingerprint density at radius 2 is 1.64 bits per heavy atom. The molecule has 9 heteroatoms. The zero-order valence-electron chi connectivity index (χ0n) is 13.3. The zero-order chi connectivity index (χ0) is 18.4. The molecule has 0 fully saturated rings. The molecule has 2 rings (SSSR count). The van der Waals surface area contributed by atoms with Crippen molar-refractivity contribution in [3.8, 4) is 0 Å². The molecule has 2 aromatic carbocycles. The summed E-state index contributed by atoms with van der Waals surface area (Å²) in [4.78, 5) is 0. The maximum atomic E-state index is 13.9. The second-order valence-electron chi connectivity index (χ2n) is 5.35. The van der Waals surface area contributed by atoms with Crippen molar-refractivity contribution < 1.29 is 12.8 Å². The number of nitrogens with one attached hydrogen (secondary N) is 3. The van der Waals surface area contributed by atoms with Crippen molar-refractivity contribution >= 4 is 55.6 Å². The van der Waals surface area contributed by atoms with Crippen molar-refractivity contribution in [3.05, 3.63) is 63.0 Å². The molecule has 0 bridgehead atoms. The van der Waals surface area contributed by atoms with Gasteiger partial charge in [0.1, 0.15) is 5.82 Å². The summed E-state index contributed by atoms with van der Waals surface area (Å²) in [7, 11) is -3.51. The van der Waals surface area contributed by atoms with Crippen LogP contribution in [-0.2, 0) is 23.1 Å². The smallest absolute Gasteiger partial charge is 0.229 e. The minimum absolute atomic E-state index is 0.0781. The Balaban J connectivity index is 1.85. The van der Waals surface area contributed by atoms with Gasteiger partial charge < -0.3 is 10.6 Å². The predicted octanol–water partition coefficient (Wildman–Crippen LogP) is 2.97. The molecule has 5 nitrogen and oxygen atoms in total. The minimum atomic E-state index is -3.51. The quantitative estimate of drug-likeness (QED) is 0.427. The molecule has 0 aliphatic rings. The van der Waals surface area contributed by atoms with E-state index in [4.69, 9.17) is 12.2 Å². The lowest BCUT2D eigenvalue weighted by Gasteiger charge is -2.12. The van der Waals surface area contributed by atoms with Gasteiger partial charge in [-0.15, -0.1) is 0 Å². The number of anilines is 1. The lowest BCUT2D eigenvalue weighted by atomic mass is 10.2. The van der Waals surface area contributed by atoms with E-state index in [1.54, 1.807) is 6.07 Å². The van der Waals surface area contributed by atoms with Crippen LogP contribution in [0.15, 0.2) is 42.5 Å². The fourth-order valence-corrected chi connectivity index (χ4v) is 3.05. The summed E-state index contributed by atoms with van der Waals surface area (Å²) in [6.45, 7) is 0.920. The van der Waals surface area contributed by atoms with Crippen molar-refractivity contribution in [2.24, 2.45) is 0 Å². The van der Waals surface area contributed by atoms with Crippen LogP contribution in [0.3, 0.4) is 0 Å². The summed E-state index contributed by atoms with van der Waals surface area (Å²) in [5, 5.41) is 6.52. The van der Waals surface area contributed by atoms with Gasteiger partial charge in [-0.25, -0.2) is 12.8 Å². The molecule has 2 aromatic rings. The van der Waals surface area contributed by atoms with E-state index in [1.807, 2.05) is 24.3 Å². The fraction of sp³-hybridized carbons (Fsp3) is 0.188. The van der Waals surface area contributed by atoms with Crippen molar-refractivity contribution in [3.63, 3.8) is 0 Å². The molecule has 0 radical (unpaired) electrons. The van der Waals surface area contributed by atoms with Crippen molar-refractivity contribution in [2.75, 3.05) is 11.0 Å². The van der Waals surface area contributed by atoms with E-state index < -0.39 is 15.8 Å². The molecule has 134 valence electrons. The Morgan fingerprint density at radius 3 is 2.20 bits per heavy atom. The minimum Gasteiger partial charge on any atom is -0.359 e. The van der Waals surface area contributed by atoms with E-state index >= 15 is 0 Å². The maximum absolute atomic E-state index is 13.9. The number of hydrogen-bond donors (Lipinski definition) is 3. The van der Waals surface area contributed by atoms with Crippen LogP contribution in [0.1, 0.15) is 11.1 Å². The summed E-state index contributed by atoms with van der Waals surface area (Å²) in [5.74, 6) is -0.637. The number of sulfonamides is 1. The second-order valence-corrected chi connectivity index (χ2v) is 8.75. The topological polar surface area (TPSA) is 70.2 Å². The van der Waals surface area contributed by atoms with Gasteiger partial charge in [0.25, 0.3) is 0 Å². The highest BCUT2D eigenvalue weighted by Gasteiger charge is 2.08. The van der Waals surface area contributed by atoms with Gasteiger partial charge in [-0.1, -0.05) is 18.2 Å². The van der Waals surface area contributed by atoms with E-state index in [0.717, 1.165) is 15.4 Å². The van der Waals surface area contributed by atoms with E-state index in [1.165, 1.54) is 12.1 Å². The van der Waals surface area contributed by atoms with E-state index in [0.29, 0.717) is 23.8 Å². The van der Waals surface area contributed by atoms with Gasteiger partial charge in [-0.2, -0.15) is 0 Å². The average molecular weight is 493 g/mol. The van der Waals surface area contributed by atoms with Gasteiger partial charge in [-0.05, 0) is 70.2 Å². The third-order valence-corrected chi connectivity index (χ3v) is 4.75. The molecule has 0 amide bonds. The van der Waals surface area contributed by atoms with Crippen LogP contribution >= 0.6 is 34.8 Å². The number of thiocarbonyl (C=S) groups is 1. The van der Waals surface area contributed by atoms with Crippen LogP contribution in [0.2, 0.25) is 0 Å². The Kier molecular flexibility index (Phi) is 6.96. The van der Waals surface area contributed by atoms with Gasteiger partial charge in [0.2, 0.25) is 10.0 Å². The summed E-state index contributed by atoms with van der Waals surface area (Å²) in [6, 6.07) is 12.3. The monoisotopic (exact) mass is 493 g/mol. The molecule has 0 atom stereocenters. The summed E-state index contributed by atoms with van der Waals surface area (Å²) in [6.07, 6.45) is 0.972. The van der Waals surface area contributed by atoms with Crippen LogP contribution in [0.25, 0.3) is 0 Å². The van der Waals surface area contributed by atoms with Crippen molar-refractivity contribution in [1.82, 2.24) is 10.6 Å². The number of rotatable bonds is 6. The Hall–Kier alpha value is -1.46. The Morgan fingerprint density at radius 1 is 1.08 bits per heavy atom. The number of halogens is 2. The van der Waals surface area contributed by atoms with Crippen LogP contribution < -0.4 is 15.4 Å². The molecule has 0 aliphatic heterocycles. The standard InChI is InChI=1S/C16H17FIN3O2S2/c1-25(22,23)21-15-7-4-12(8-14(15)17)10-20-16(24)19-9-11-2-5-13(18)6-3-11/h2-8,21H,9-10H2,1H3,(H2,19,20,24). The van der Waals surface area contributed by atoms with Gasteiger partial charge in [-0.3, -0.25) is 4.72 Å².